The van der Waals surface area contributed by atoms with Gasteiger partial charge in [-0.05, 0) is 31.2 Å². The third-order valence-electron chi connectivity index (χ3n) is 3.83. The molecule has 1 N–H and O–H groups in total. The van der Waals surface area contributed by atoms with E-state index in [0.717, 1.165) is 41.6 Å². The van der Waals surface area contributed by atoms with Gasteiger partial charge in [0.25, 0.3) is 5.56 Å². The van der Waals surface area contributed by atoms with Gasteiger partial charge in [-0.3, -0.25) is 9.59 Å². The van der Waals surface area contributed by atoms with E-state index in [1.165, 1.54) is 6.07 Å². The van der Waals surface area contributed by atoms with Crippen molar-refractivity contribution in [2.24, 2.45) is 0 Å². The lowest BCUT2D eigenvalue weighted by atomic mass is 9.97. The first-order chi connectivity index (χ1) is 11.4. The maximum atomic E-state index is 13.1. The molecule has 1 heterocycles. The van der Waals surface area contributed by atoms with Crippen LogP contribution in [0.1, 0.15) is 24.1 Å². The molecule has 2 aromatic rings. The SMILES string of the molecule is O=C(Cn1nc2c(cc1=O)CCCC2)Nc1cc(F)c(F)c(F)c1. The van der Waals surface area contributed by atoms with Gasteiger partial charge in [0.05, 0.1) is 5.69 Å². The predicted octanol–water partition coefficient (Wildman–Crippen LogP) is 2.18. The maximum Gasteiger partial charge on any atom is 0.267 e. The van der Waals surface area contributed by atoms with E-state index in [4.69, 9.17) is 0 Å². The molecule has 0 saturated heterocycles. The van der Waals surface area contributed by atoms with E-state index in [9.17, 15) is 22.8 Å². The smallest absolute Gasteiger partial charge is 0.267 e. The Morgan fingerprint density at radius 2 is 1.79 bits per heavy atom. The number of carbonyl (C=O) groups is 1. The van der Waals surface area contributed by atoms with Gasteiger partial charge in [0.2, 0.25) is 5.91 Å². The van der Waals surface area contributed by atoms with Crippen LogP contribution in [-0.2, 0) is 24.2 Å². The van der Waals surface area contributed by atoms with Crippen LogP contribution < -0.4 is 10.9 Å². The third kappa shape index (κ3) is 3.32. The summed E-state index contributed by atoms with van der Waals surface area (Å²) in [5.74, 6) is -5.12. The number of nitrogens with one attached hydrogen (secondary N) is 1. The van der Waals surface area contributed by atoms with E-state index in [1.807, 2.05) is 0 Å². The molecule has 0 atom stereocenters. The normalized spacial score (nSPS) is 13.5. The van der Waals surface area contributed by atoms with Crippen molar-refractivity contribution < 1.29 is 18.0 Å². The summed E-state index contributed by atoms with van der Waals surface area (Å²) in [5.41, 5.74) is 1.03. The molecule has 0 aliphatic heterocycles. The number of halogens is 3. The highest BCUT2D eigenvalue weighted by Crippen LogP contribution is 2.18. The fourth-order valence-electron chi connectivity index (χ4n) is 2.68. The number of hydrogen-bond donors (Lipinski definition) is 1. The maximum absolute atomic E-state index is 13.1. The topological polar surface area (TPSA) is 64.0 Å². The van der Waals surface area contributed by atoms with Crippen molar-refractivity contribution in [1.82, 2.24) is 9.78 Å². The number of rotatable bonds is 3. The van der Waals surface area contributed by atoms with E-state index >= 15 is 0 Å². The Hall–Kier alpha value is -2.64. The van der Waals surface area contributed by atoms with Crippen LogP contribution in [0.2, 0.25) is 0 Å². The number of anilines is 1. The summed E-state index contributed by atoms with van der Waals surface area (Å²) < 4.78 is 40.2. The first kappa shape index (κ1) is 16.2. The molecule has 0 bridgehead atoms. The Labute approximate surface area is 135 Å². The second kappa shape index (κ2) is 6.46. The lowest BCUT2D eigenvalue weighted by molar-refractivity contribution is -0.117. The Morgan fingerprint density at radius 3 is 2.50 bits per heavy atom. The van der Waals surface area contributed by atoms with Gasteiger partial charge in [-0.1, -0.05) is 0 Å². The number of nitrogens with zero attached hydrogens (tertiary/aromatic N) is 2. The fraction of sp³-hybridized carbons (Fsp3) is 0.312. The van der Waals surface area contributed by atoms with E-state index in [2.05, 4.69) is 10.4 Å². The van der Waals surface area contributed by atoms with Crippen LogP contribution in [0.5, 0.6) is 0 Å². The molecule has 0 spiro atoms. The average molecular weight is 337 g/mol. The number of carbonyl (C=O) groups excluding carboxylic acids is 1. The molecule has 0 saturated carbocycles. The van der Waals surface area contributed by atoms with Crippen LogP contribution in [0.3, 0.4) is 0 Å². The van der Waals surface area contributed by atoms with Crippen molar-refractivity contribution in [1.29, 1.82) is 0 Å². The Morgan fingerprint density at radius 1 is 1.12 bits per heavy atom. The summed E-state index contributed by atoms with van der Waals surface area (Å²) in [6, 6.07) is 2.80. The van der Waals surface area contributed by atoms with Gasteiger partial charge in [0.1, 0.15) is 6.54 Å². The lowest BCUT2D eigenvalue weighted by Crippen LogP contribution is -2.31. The fourth-order valence-corrected chi connectivity index (χ4v) is 2.68. The first-order valence-electron chi connectivity index (χ1n) is 7.48. The van der Waals surface area contributed by atoms with E-state index in [1.54, 1.807) is 0 Å². The zero-order valence-corrected chi connectivity index (χ0v) is 12.6. The molecule has 0 fully saturated rings. The third-order valence-corrected chi connectivity index (χ3v) is 3.83. The molecule has 1 amide bonds. The van der Waals surface area contributed by atoms with Crippen LogP contribution in [0.15, 0.2) is 23.0 Å². The van der Waals surface area contributed by atoms with E-state index < -0.39 is 35.5 Å². The van der Waals surface area contributed by atoms with Gasteiger partial charge in [-0.15, -0.1) is 0 Å². The largest absolute Gasteiger partial charge is 0.324 e. The molecular weight excluding hydrogens is 323 g/mol. The van der Waals surface area contributed by atoms with Crippen LogP contribution in [0.4, 0.5) is 18.9 Å². The van der Waals surface area contributed by atoms with Crippen molar-refractivity contribution in [2.45, 2.75) is 32.2 Å². The number of aromatic nitrogens is 2. The van der Waals surface area contributed by atoms with Gasteiger partial charge >= 0.3 is 0 Å². The second-order valence-electron chi connectivity index (χ2n) is 5.62. The minimum absolute atomic E-state index is 0.234. The monoisotopic (exact) mass is 337 g/mol. The van der Waals surface area contributed by atoms with Crippen molar-refractivity contribution in [3.05, 3.63) is 57.3 Å². The summed E-state index contributed by atoms with van der Waals surface area (Å²) in [5, 5.41) is 6.40. The molecule has 5 nitrogen and oxygen atoms in total. The molecule has 8 heteroatoms. The van der Waals surface area contributed by atoms with Gasteiger partial charge in [-0.25, -0.2) is 17.9 Å². The highest BCUT2D eigenvalue weighted by Gasteiger charge is 2.16. The van der Waals surface area contributed by atoms with Crippen molar-refractivity contribution in [3.8, 4) is 0 Å². The zero-order valence-electron chi connectivity index (χ0n) is 12.6. The molecule has 1 aromatic heterocycles. The molecule has 24 heavy (non-hydrogen) atoms. The first-order valence-corrected chi connectivity index (χ1v) is 7.48. The minimum atomic E-state index is -1.61. The van der Waals surface area contributed by atoms with Gasteiger partial charge < -0.3 is 5.32 Å². The average Bonchev–Trinajstić information content (AvgIpc) is 2.53. The van der Waals surface area contributed by atoms with Crippen LogP contribution in [0.25, 0.3) is 0 Å². The number of benzene rings is 1. The highest BCUT2D eigenvalue weighted by atomic mass is 19.2. The molecule has 126 valence electrons. The molecular formula is C16H14F3N3O2. The van der Waals surface area contributed by atoms with Gasteiger partial charge in [0, 0.05) is 23.9 Å². The summed E-state index contributed by atoms with van der Waals surface area (Å²) >= 11 is 0. The van der Waals surface area contributed by atoms with Gasteiger partial charge in [0.15, 0.2) is 17.5 Å². The molecule has 0 unspecified atom stereocenters. The van der Waals surface area contributed by atoms with Crippen molar-refractivity contribution in [2.75, 3.05) is 5.32 Å². The summed E-state index contributed by atoms with van der Waals surface area (Å²) in [7, 11) is 0. The van der Waals surface area contributed by atoms with Crippen molar-refractivity contribution >= 4 is 11.6 Å². The Kier molecular flexibility index (Phi) is 4.37. The number of amides is 1. The molecule has 3 rings (SSSR count). The van der Waals surface area contributed by atoms with Gasteiger partial charge in [-0.2, -0.15) is 5.10 Å². The molecule has 1 aromatic carbocycles. The Bertz CT molecular complexity index is 841. The summed E-state index contributed by atoms with van der Waals surface area (Å²) in [6.45, 7) is -0.396. The number of hydrogen-bond acceptors (Lipinski definition) is 3. The quantitative estimate of drug-likeness (QED) is 0.873. The lowest BCUT2D eigenvalue weighted by Gasteiger charge is -2.15. The zero-order chi connectivity index (χ0) is 17.3. The summed E-state index contributed by atoms with van der Waals surface area (Å²) in [4.78, 5) is 23.9. The van der Waals surface area contributed by atoms with E-state index in [0.29, 0.717) is 12.1 Å². The number of aryl methyl sites for hydroxylation is 2. The Balaban J connectivity index is 1.77. The molecule has 1 aliphatic carbocycles. The predicted molar refractivity (Wildman–Crippen MR) is 80.1 cm³/mol. The molecule has 1 aliphatic rings. The highest BCUT2D eigenvalue weighted by molar-refractivity contribution is 5.90. The summed E-state index contributed by atoms with van der Waals surface area (Å²) in [6.07, 6.45) is 3.50. The second-order valence-corrected chi connectivity index (χ2v) is 5.62. The minimum Gasteiger partial charge on any atom is -0.324 e. The number of fused-ring (bicyclic) bond motifs is 1. The standard InChI is InChI=1S/C16H14F3N3O2/c17-11-6-10(7-12(18)16(11)19)20-14(23)8-22-15(24)5-9-3-1-2-4-13(9)21-22/h5-7H,1-4,8H2,(H,20,23). The van der Waals surface area contributed by atoms with Crippen LogP contribution in [0, 0.1) is 17.5 Å². The molecule has 0 radical (unpaired) electrons. The van der Waals surface area contributed by atoms with Crippen LogP contribution in [-0.4, -0.2) is 15.7 Å². The van der Waals surface area contributed by atoms with E-state index in [-0.39, 0.29) is 5.69 Å². The van der Waals surface area contributed by atoms with Crippen molar-refractivity contribution in [3.63, 3.8) is 0 Å². The van der Waals surface area contributed by atoms with Crippen LogP contribution >= 0.6 is 0 Å².